The molecule has 2 aliphatic heterocycles. The highest BCUT2D eigenvalue weighted by molar-refractivity contribution is 6.07. The van der Waals surface area contributed by atoms with Crippen LogP contribution in [0.15, 0.2) is 0 Å². The van der Waals surface area contributed by atoms with Crippen molar-refractivity contribution in [3.8, 4) is 0 Å². The first-order valence-electron chi connectivity index (χ1n) is 11.4. The fraction of sp³-hybridized carbons (Fsp3) is 0.818. The lowest BCUT2D eigenvalue weighted by atomic mass is 9.97. The van der Waals surface area contributed by atoms with Crippen molar-refractivity contribution in [3.05, 3.63) is 0 Å². The molecule has 32 heavy (non-hydrogen) atoms. The van der Waals surface area contributed by atoms with Crippen LogP contribution in [0.3, 0.4) is 0 Å². The standard InChI is InChI=1S/C22H39N5O5/c1-8-22(7)18(29)27(19(30)23-22)24-17(28)14-25-11-9-10-16(12-25)13-26(15(2)3)20(31)32-21(4,5)6/h15-16H,8-14H2,1-7H3,(H,23,30)(H,24,28). The highest BCUT2D eigenvalue weighted by Crippen LogP contribution is 2.21. The molecule has 2 fully saturated rings. The van der Waals surface area contributed by atoms with Gasteiger partial charge < -0.3 is 15.0 Å². The second-order valence-electron chi connectivity index (χ2n) is 10.3. The van der Waals surface area contributed by atoms with Crippen molar-refractivity contribution in [2.45, 2.75) is 84.9 Å². The van der Waals surface area contributed by atoms with Crippen molar-refractivity contribution >= 4 is 23.9 Å². The Hall–Kier alpha value is -2.36. The van der Waals surface area contributed by atoms with Crippen LogP contribution in [0, 0.1) is 5.92 Å². The number of likely N-dealkylation sites (tertiary alicyclic amines) is 1. The zero-order chi connectivity index (χ0) is 24.3. The Balaban J connectivity index is 1.92. The van der Waals surface area contributed by atoms with Crippen LogP contribution in [0.1, 0.15) is 67.7 Å². The van der Waals surface area contributed by atoms with Crippen LogP contribution in [-0.4, -0.2) is 82.1 Å². The number of carbonyl (C=O) groups is 4. The summed E-state index contributed by atoms with van der Waals surface area (Å²) >= 11 is 0. The minimum atomic E-state index is -0.997. The fourth-order valence-electron chi connectivity index (χ4n) is 3.93. The van der Waals surface area contributed by atoms with Gasteiger partial charge in [-0.2, -0.15) is 5.01 Å². The lowest BCUT2D eigenvalue weighted by molar-refractivity contribution is -0.139. The minimum Gasteiger partial charge on any atom is -0.444 e. The van der Waals surface area contributed by atoms with Crippen molar-refractivity contribution < 1.29 is 23.9 Å². The third-order valence-electron chi connectivity index (χ3n) is 5.88. The quantitative estimate of drug-likeness (QED) is 0.571. The zero-order valence-electron chi connectivity index (χ0n) is 20.5. The SMILES string of the molecule is CCC1(C)NC(=O)N(NC(=O)CN2CCCC(CN(C(=O)OC(C)(C)C)C(C)C)C2)C1=O. The molecule has 0 spiro atoms. The van der Waals surface area contributed by atoms with E-state index in [1.165, 1.54) is 0 Å². The van der Waals surface area contributed by atoms with E-state index in [0.29, 0.717) is 19.5 Å². The summed E-state index contributed by atoms with van der Waals surface area (Å²) in [5.74, 6) is -0.672. The lowest BCUT2D eigenvalue weighted by Gasteiger charge is -2.37. The van der Waals surface area contributed by atoms with Crippen molar-refractivity contribution in [1.82, 2.24) is 25.6 Å². The number of nitrogens with one attached hydrogen (secondary N) is 2. The summed E-state index contributed by atoms with van der Waals surface area (Å²) in [6.45, 7) is 14.9. The highest BCUT2D eigenvalue weighted by Gasteiger charge is 2.47. The summed E-state index contributed by atoms with van der Waals surface area (Å²) in [5, 5.41) is 3.39. The average Bonchev–Trinajstić information content (AvgIpc) is 2.88. The summed E-state index contributed by atoms with van der Waals surface area (Å²) in [5.41, 5.74) is 0.881. The maximum absolute atomic E-state index is 12.6. The molecule has 0 aliphatic carbocycles. The number of urea groups is 1. The molecular weight excluding hydrogens is 414 g/mol. The minimum absolute atomic E-state index is 0.00362. The third-order valence-corrected chi connectivity index (χ3v) is 5.88. The van der Waals surface area contributed by atoms with Gasteiger partial charge in [0.2, 0.25) is 0 Å². The maximum atomic E-state index is 12.6. The van der Waals surface area contributed by atoms with E-state index < -0.39 is 29.0 Å². The predicted molar refractivity (Wildman–Crippen MR) is 119 cm³/mol. The van der Waals surface area contributed by atoms with Gasteiger partial charge in [0.25, 0.3) is 11.8 Å². The maximum Gasteiger partial charge on any atom is 0.410 e. The number of carbonyl (C=O) groups excluding carboxylic acids is 4. The van der Waals surface area contributed by atoms with Gasteiger partial charge in [-0.05, 0) is 73.3 Å². The second-order valence-corrected chi connectivity index (χ2v) is 10.3. The first-order chi connectivity index (χ1) is 14.8. The van der Waals surface area contributed by atoms with Gasteiger partial charge in [-0.15, -0.1) is 0 Å². The number of amides is 5. The van der Waals surface area contributed by atoms with Gasteiger partial charge in [-0.25, -0.2) is 9.59 Å². The molecule has 0 aromatic carbocycles. The van der Waals surface area contributed by atoms with Crippen molar-refractivity contribution in [3.63, 3.8) is 0 Å². The second kappa shape index (κ2) is 10.1. The van der Waals surface area contributed by atoms with Gasteiger partial charge in [0.05, 0.1) is 6.54 Å². The van der Waals surface area contributed by atoms with Crippen LogP contribution in [0.25, 0.3) is 0 Å². The molecule has 0 aromatic heterocycles. The first kappa shape index (κ1) is 25.9. The summed E-state index contributed by atoms with van der Waals surface area (Å²) in [6, 6.07) is -0.620. The Morgan fingerprint density at radius 3 is 2.50 bits per heavy atom. The lowest BCUT2D eigenvalue weighted by Crippen LogP contribution is -2.52. The van der Waals surface area contributed by atoms with Crippen LogP contribution in [-0.2, 0) is 14.3 Å². The molecule has 2 aliphatic rings. The molecule has 0 saturated carbocycles. The Bertz CT molecular complexity index is 735. The predicted octanol–water partition coefficient (Wildman–Crippen LogP) is 2.10. The normalized spacial score (nSPS) is 24.5. The first-order valence-corrected chi connectivity index (χ1v) is 11.4. The van der Waals surface area contributed by atoms with E-state index in [2.05, 4.69) is 10.7 Å². The number of hydrogen-bond acceptors (Lipinski definition) is 6. The molecule has 2 rings (SSSR count). The van der Waals surface area contributed by atoms with Gasteiger partial charge >= 0.3 is 12.1 Å². The zero-order valence-corrected chi connectivity index (χ0v) is 20.5. The van der Waals surface area contributed by atoms with Gasteiger partial charge in [0.15, 0.2) is 0 Å². The number of nitrogens with zero attached hydrogens (tertiary/aromatic N) is 3. The van der Waals surface area contributed by atoms with Gasteiger partial charge in [-0.1, -0.05) is 6.92 Å². The molecule has 2 unspecified atom stereocenters. The molecule has 0 radical (unpaired) electrons. The Morgan fingerprint density at radius 1 is 1.31 bits per heavy atom. The van der Waals surface area contributed by atoms with E-state index in [0.717, 1.165) is 24.4 Å². The molecule has 182 valence electrons. The molecule has 5 amide bonds. The summed E-state index contributed by atoms with van der Waals surface area (Å²) in [6.07, 6.45) is 1.95. The van der Waals surface area contributed by atoms with Crippen molar-refractivity contribution in [2.75, 3.05) is 26.2 Å². The number of ether oxygens (including phenoxy) is 1. The van der Waals surface area contributed by atoms with E-state index in [-0.39, 0.29) is 24.6 Å². The van der Waals surface area contributed by atoms with Gasteiger partial charge in [-0.3, -0.25) is 19.9 Å². The van der Waals surface area contributed by atoms with E-state index in [9.17, 15) is 19.2 Å². The van der Waals surface area contributed by atoms with Crippen LogP contribution < -0.4 is 10.7 Å². The highest BCUT2D eigenvalue weighted by atomic mass is 16.6. The molecule has 2 saturated heterocycles. The van der Waals surface area contributed by atoms with E-state index in [4.69, 9.17) is 4.74 Å². The van der Waals surface area contributed by atoms with Crippen molar-refractivity contribution in [1.29, 1.82) is 0 Å². The molecule has 0 aromatic rings. The summed E-state index contributed by atoms with van der Waals surface area (Å²) in [7, 11) is 0. The van der Waals surface area contributed by atoms with E-state index >= 15 is 0 Å². The van der Waals surface area contributed by atoms with Gasteiger partial charge in [0.1, 0.15) is 11.1 Å². The van der Waals surface area contributed by atoms with Crippen LogP contribution >= 0.6 is 0 Å². The number of imide groups is 1. The van der Waals surface area contributed by atoms with E-state index in [1.54, 1.807) is 18.7 Å². The number of hydrogen-bond donors (Lipinski definition) is 2. The Morgan fingerprint density at radius 2 is 1.97 bits per heavy atom. The molecule has 2 heterocycles. The Labute approximate surface area is 191 Å². The smallest absolute Gasteiger partial charge is 0.410 e. The number of hydrazine groups is 1. The topological polar surface area (TPSA) is 111 Å². The molecule has 10 nitrogen and oxygen atoms in total. The number of piperidine rings is 1. The third kappa shape index (κ3) is 6.57. The fourth-order valence-corrected chi connectivity index (χ4v) is 3.93. The summed E-state index contributed by atoms with van der Waals surface area (Å²) < 4.78 is 5.55. The Kier molecular flexibility index (Phi) is 8.14. The largest absolute Gasteiger partial charge is 0.444 e. The van der Waals surface area contributed by atoms with E-state index in [1.807, 2.05) is 39.5 Å². The molecule has 2 atom stereocenters. The van der Waals surface area contributed by atoms with Crippen LogP contribution in [0.2, 0.25) is 0 Å². The van der Waals surface area contributed by atoms with Crippen molar-refractivity contribution in [2.24, 2.45) is 5.92 Å². The molecule has 0 bridgehead atoms. The van der Waals surface area contributed by atoms with Crippen LogP contribution in [0.4, 0.5) is 9.59 Å². The molecule has 10 heteroatoms. The molecule has 2 N–H and O–H groups in total. The molecular formula is C22H39N5O5. The summed E-state index contributed by atoms with van der Waals surface area (Å²) in [4.78, 5) is 53.5. The monoisotopic (exact) mass is 453 g/mol. The van der Waals surface area contributed by atoms with Crippen LogP contribution in [0.5, 0.6) is 0 Å². The number of rotatable bonds is 7. The van der Waals surface area contributed by atoms with Gasteiger partial charge in [0, 0.05) is 19.1 Å². The average molecular weight is 454 g/mol.